The summed E-state index contributed by atoms with van der Waals surface area (Å²) in [4.78, 5) is 13.4. The summed E-state index contributed by atoms with van der Waals surface area (Å²) in [5.41, 5.74) is 2.64. The molecule has 0 N–H and O–H groups in total. The Kier molecular flexibility index (Phi) is 2.97. The molecule has 4 nitrogen and oxygen atoms in total. The van der Waals surface area contributed by atoms with Gasteiger partial charge in [-0.05, 0) is 18.2 Å². The molecule has 0 amide bonds. The Hall–Kier alpha value is -2.27. The van der Waals surface area contributed by atoms with E-state index < -0.39 is 0 Å². The van der Waals surface area contributed by atoms with Gasteiger partial charge < -0.3 is 4.74 Å². The molecule has 0 fully saturated rings. The number of rotatable bonds is 3. The summed E-state index contributed by atoms with van der Waals surface area (Å²) in [7, 11) is 0. The second-order valence-corrected chi connectivity index (χ2v) is 4.42. The highest BCUT2D eigenvalue weighted by atomic mass is 32.1. The van der Waals surface area contributed by atoms with Crippen LogP contribution >= 0.6 is 11.3 Å². The van der Waals surface area contributed by atoms with Crippen molar-refractivity contribution in [2.75, 3.05) is 0 Å². The first-order valence-corrected chi connectivity index (χ1v) is 6.22. The molecule has 5 heteroatoms. The Labute approximate surface area is 108 Å². The first kappa shape index (κ1) is 10.9. The van der Waals surface area contributed by atoms with E-state index in [1.54, 1.807) is 41.6 Å². The molecule has 3 aromatic rings. The number of ether oxygens (including phenoxy) is 1. The maximum Gasteiger partial charge on any atom is 0.145 e. The van der Waals surface area contributed by atoms with Gasteiger partial charge >= 0.3 is 0 Å². The van der Waals surface area contributed by atoms with Gasteiger partial charge in [-0.2, -0.15) is 0 Å². The Morgan fingerprint density at radius 3 is 2.78 bits per heavy atom. The highest BCUT2D eigenvalue weighted by Gasteiger charge is 2.03. The summed E-state index contributed by atoms with van der Waals surface area (Å²) in [6.07, 6.45) is 6.90. The van der Waals surface area contributed by atoms with Crippen molar-refractivity contribution in [2.45, 2.75) is 0 Å². The normalized spacial score (nSPS) is 10.2. The highest BCUT2D eigenvalue weighted by Crippen LogP contribution is 2.26. The van der Waals surface area contributed by atoms with E-state index in [0.717, 1.165) is 16.3 Å². The van der Waals surface area contributed by atoms with Gasteiger partial charge in [0.1, 0.15) is 11.5 Å². The molecule has 88 valence electrons. The van der Waals surface area contributed by atoms with Crippen LogP contribution in [0.2, 0.25) is 0 Å². The van der Waals surface area contributed by atoms with Gasteiger partial charge in [0, 0.05) is 24.7 Å². The molecule has 0 aliphatic heterocycles. The Bertz CT molecular complexity index is 626. The lowest BCUT2D eigenvalue weighted by molar-refractivity contribution is 0.480. The Morgan fingerprint density at radius 2 is 2.00 bits per heavy atom. The lowest BCUT2D eigenvalue weighted by atomic mass is 10.3. The highest BCUT2D eigenvalue weighted by molar-refractivity contribution is 7.13. The van der Waals surface area contributed by atoms with Gasteiger partial charge in [-0.3, -0.25) is 15.0 Å². The van der Waals surface area contributed by atoms with E-state index in [0.29, 0.717) is 5.75 Å². The van der Waals surface area contributed by atoms with Gasteiger partial charge in [0.05, 0.1) is 22.3 Å². The third kappa shape index (κ3) is 2.36. The quantitative estimate of drug-likeness (QED) is 0.719. The van der Waals surface area contributed by atoms with Crippen molar-refractivity contribution in [3.8, 4) is 22.1 Å². The number of nitrogens with zero attached hydrogens (tertiary/aromatic N) is 3. The van der Waals surface area contributed by atoms with Crippen LogP contribution in [0.1, 0.15) is 0 Å². The van der Waals surface area contributed by atoms with E-state index in [4.69, 9.17) is 4.74 Å². The fraction of sp³-hybridized carbons (Fsp3) is 0. The molecule has 0 aliphatic rings. The number of aromatic nitrogens is 3. The summed E-state index contributed by atoms with van der Waals surface area (Å²) >= 11 is 1.55. The average molecular weight is 255 g/mol. The fourth-order valence-electron chi connectivity index (χ4n) is 1.50. The molecule has 0 aromatic carbocycles. The van der Waals surface area contributed by atoms with E-state index >= 15 is 0 Å². The fourth-order valence-corrected chi connectivity index (χ4v) is 2.08. The van der Waals surface area contributed by atoms with E-state index in [9.17, 15) is 0 Å². The van der Waals surface area contributed by atoms with Gasteiger partial charge in [-0.1, -0.05) is 0 Å². The summed E-state index contributed by atoms with van der Waals surface area (Å²) in [5.74, 6) is 1.44. The van der Waals surface area contributed by atoms with Crippen LogP contribution in [0.25, 0.3) is 10.6 Å². The predicted octanol–water partition coefficient (Wildman–Crippen LogP) is 3.39. The van der Waals surface area contributed by atoms with Crippen molar-refractivity contribution in [3.05, 3.63) is 54.6 Å². The van der Waals surface area contributed by atoms with Gasteiger partial charge in [-0.15, -0.1) is 11.3 Å². The predicted molar refractivity (Wildman–Crippen MR) is 69.7 cm³/mol. The van der Waals surface area contributed by atoms with Gasteiger partial charge in [0.25, 0.3) is 0 Å². The molecule has 0 spiro atoms. The van der Waals surface area contributed by atoms with Gasteiger partial charge in [-0.25, -0.2) is 0 Å². The minimum Gasteiger partial charge on any atom is -0.456 e. The van der Waals surface area contributed by atoms with Crippen LogP contribution in [0.4, 0.5) is 0 Å². The van der Waals surface area contributed by atoms with Crippen LogP contribution in [-0.4, -0.2) is 15.0 Å². The monoisotopic (exact) mass is 255 g/mol. The molecule has 3 heterocycles. The molecule has 0 saturated heterocycles. The largest absolute Gasteiger partial charge is 0.456 e. The van der Waals surface area contributed by atoms with Gasteiger partial charge in [0.15, 0.2) is 0 Å². The zero-order valence-electron chi connectivity index (χ0n) is 9.35. The number of hydrogen-bond donors (Lipinski definition) is 0. The Balaban J connectivity index is 1.88. The van der Waals surface area contributed by atoms with Crippen molar-refractivity contribution in [1.29, 1.82) is 0 Å². The summed E-state index contributed by atoms with van der Waals surface area (Å²) in [6, 6.07) is 7.40. The number of thiazole rings is 1. The average Bonchev–Trinajstić information content (AvgIpc) is 2.94. The van der Waals surface area contributed by atoms with Crippen molar-refractivity contribution in [2.24, 2.45) is 0 Å². The molecular formula is C13H9N3OS. The lowest BCUT2D eigenvalue weighted by Gasteiger charge is -2.05. The number of pyridine rings is 2. The van der Waals surface area contributed by atoms with E-state index in [2.05, 4.69) is 15.0 Å². The van der Waals surface area contributed by atoms with Crippen LogP contribution in [0.5, 0.6) is 11.5 Å². The van der Waals surface area contributed by atoms with Crippen LogP contribution in [-0.2, 0) is 0 Å². The molecule has 0 unspecified atom stereocenters. The molecule has 18 heavy (non-hydrogen) atoms. The second kappa shape index (κ2) is 4.93. The minimum atomic E-state index is 0.707. The molecule has 0 radical (unpaired) electrons. The van der Waals surface area contributed by atoms with Crippen LogP contribution in [0.3, 0.4) is 0 Å². The molecule has 0 aliphatic carbocycles. The number of hydrogen-bond acceptors (Lipinski definition) is 5. The third-order valence-corrected chi connectivity index (χ3v) is 3.08. The van der Waals surface area contributed by atoms with Crippen LogP contribution in [0.15, 0.2) is 54.6 Å². The van der Waals surface area contributed by atoms with Crippen molar-refractivity contribution < 1.29 is 4.74 Å². The standard InChI is InChI=1S/C13H9N3OS/c1-2-11(7-14-4-1)17-10-3-5-16-12(6-10)13-8-15-9-18-13/h1-9H. The maximum absolute atomic E-state index is 5.70. The molecule has 0 atom stereocenters. The lowest BCUT2D eigenvalue weighted by Crippen LogP contribution is -1.87. The SMILES string of the molecule is c1cncc(Oc2ccnc(-c3cncs3)c2)c1. The second-order valence-electron chi connectivity index (χ2n) is 3.53. The first-order valence-electron chi connectivity index (χ1n) is 5.34. The van der Waals surface area contributed by atoms with Crippen molar-refractivity contribution in [1.82, 2.24) is 15.0 Å². The van der Waals surface area contributed by atoms with Crippen molar-refractivity contribution >= 4 is 11.3 Å². The first-order chi connectivity index (χ1) is 8.92. The summed E-state index contributed by atoms with van der Waals surface area (Å²) in [5, 5.41) is 0. The van der Waals surface area contributed by atoms with E-state index in [1.807, 2.05) is 24.3 Å². The minimum absolute atomic E-state index is 0.707. The zero-order valence-corrected chi connectivity index (χ0v) is 10.2. The maximum atomic E-state index is 5.70. The van der Waals surface area contributed by atoms with E-state index in [-0.39, 0.29) is 0 Å². The molecular weight excluding hydrogens is 246 g/mol. The molecule has 0 saturated carbocycles. The Morgan fingerprint density at radius 1 is 1.00 bits per heavy atom. The molecule has 3 aromatic heterocycles. The van der Waals surface area contributed by atoms with E-state index in [1.165, 1.54) is 0 Å². The van der Waals surface area contributed by atoms with Crippen molar-refractivity contribution in [3.63, 3.8) is 0 Å². The third-order valence-electron chi connectivity index (χ3n) is 2.29. The topological polar surface area (TPSA) is 47.9 Å². The van der Waals surface area contributed by atoms with Crippen LogP contribution < -0.4 is 4.74 Å². The van der Waals surface area contributed by atoms with Gasteiger partial charge in [0.2, 0.25) is 0 Å². The smallest absolute Gasteiger partial charge is 0.145 e. The zero-order chi connectivity index (χ0) is 12.2. The molecule has 0 bridgehead atoms. The summed E-state index contributed by atoms with van der Waals surface area (Å²) in [6.45, 7) is 0. The van der Waals surface area contributed by atoms with Crippen LogP contribution in [0, 0.1) is 0 Å². The molecule has 3 rings (SSSR count). The summed E-state index contributed by atoms with van der Waals surface area (Å²) < 4.78 is 5.70.